The minimum absolute atomic E-state index is 0.628. The van der Waals surface area contributed by atoms with Crippen molar-refractivity contribution in [3.05, 3.63) is 71.9 Å². The highest BCUT2D eigenvalue weighted by molar-refractivity contribution is 6.09. The van der Waals surface area contributed by atoms with E-state index in [2.05, 4.69) is 15.4 Å². The molecule has 3 N–H and O–H groups in total. The molecule has 4 heteroatoms. The Morgan fingerprint density at radius 2 is 1.76 bits per heavy atom. The first-order chi connectivity index (χ1) is 10.3. The Balaban J connectivity index is 2.20. The number of rotatable bonds is 2. The van der Waals surface area contributed by atoms with Crippen LogP contribution in [0.25, 0.3) is 10.9 Å². The lowest BCUT2D eigenvalue weighted by Crippen LogP contribution is -2.31. The van der Waals surface area contributed by atoms with Crippen molar-refractivity contribution in [3.8, 4) is 0 Å². The van der Waals surface area contributed by atoms with Crippen molar-refractivity contribution in [1.29, 1.82) is 0 Å². The first-order valence-corrected chi connectivity index (χ1v) is 6.75. The smallest absolute Gasteiger partial charge is 0.148 e. The van der Waals surface area contributed by atoms with Gasteiger partial charge in [0.25, 0.3) is 0 Å². The zero-order chi connectivity index (χ0) is 14.7. The number of hydrazine groups is 1. The molecule has 104 valence electrons. The lowest BCUT2D eigenvalue weighted by Gasteiger charge is -2.10. The second-order valence-electron chi connectivity index (χ2n) is 4.77. The number of aryl methyl sites for hydroxylation is 1. The third-order valence-electron chi connectivity index (χ3n) is 3.23. The Morgan fingerprint density at radius 1 is 1.05 bits per heavy atom. The van der Waals surface area contributed by atoms with E-state index in [4.69, 9.17) is 5.84 Å². The normalized spacial score (nSPS) is 11.6. The second kappa shape index (κ2) is 5.73. The van der Waals surface area contributed by atoms with Crippen molar-refractivity contribution in [1.82, 2.24) is 10.4 Å². The maximum atomic E-state index is 5.69. The number of nitrogens with zero attached hydrogens (tertiary/aromatic N) is 2. The van der Waals surface area contributed by atoms with Gasteiger partial charge in [0.05, 0.1) is 11.2 Å². The molecule has 21 heavy (non-hydrogen) atoms. The molecular formula is C17H16N4. The van der Waals surface area contributed by atoms with Gasteiger partial charge in [-0.3, -0.25) is 4.98 Å². The molecule has 4 nitrogen and oxygen atoms in total. The van der Waals surface area contributed by atoms with Crippen LogP contribution in [0.1, 0.15) is 11.3 Å². The Kier molecular flexibility index (Phi) is 3.62. The average Bonchev–Trinajstić information content (AvgIpc) is 2.53. The molecule has 0 radical (unpaired) electrons. The Hall–Kier alpha value is -2.72. The van der Waals surface area contributed by atoms with E-state index < -0.39 is 0 Å². The van der Waals surface area contributed by atoms with Gasteiger partial charge < -0.3 is 5.43 Å². The molecule has 1 aromatic heterocycles. The highest BCUT2D eigenvalue weighted by Gasteiger charge is 2.09. The number of nitrogens with one attached hydrogen (secondary N) is 1. The number of benzene rings is 2. The van der Waals surface area contributed by atoms with Gasteiger partial charge in [-0.15, -0.1) is 0 Å². The van der Waals surface area contributed by atoms with Crippen LogP contribution < -0.4 is 11.3 Å². The molecule has 0 spiro atoms. The van der Waals surface area contributed by atoms with Gasteiger partial charge in [0.15, 0.2) is 0 Å². The monoisotopic (exact) mass is 276 g/mol. The number of para-hydroxylation sites is 2. The second-order valence-corrected chi connectivity index (χ2v) is 4.77. The number of pyridine rings is 1. The molecule has 2 aromatic carbocycles. The van der Waals surface area contributed by atoms with E-state index in [0.717, 1.165) is 27.8 Å². The molecule has 0 saturated carbocycles. The maximum Gasteiger partial charge on any atom is 0.148 e. The fraction of sp³-hybridized carbons (Fsp3) is 0.0588. The minimum Gasteiger partial charge on any atom is -0.308 e. The highest BCUT2D eigenvalue weighted by atomic mass is 15.2. The van der Waals surface area contributed by atoms with Crippen LogP contribution in [0.5, 0.6) is 0 Å². The molecule has 0 unspecified atom stereocenters. The number of nitrogens with two attached hydrogens (primary N) is 1. The van der Waals surface area contributed by atoms with Crippen LogP contribution in [0.4, 0.5) is 5.69 Å². The SMILES string of the molecule is Cc1cc(C(=Nc2ccccc2)NN)c2ccccc2n1. The van der Waals surface area contributed by atoms with E-state index in [1.807, 2.05) is 67.6 Å². The molecule has 0 aliphatic carbocycles. The lowest BCUT2D eigenvalue weighted by molar-refractivity contribution is 1.02. The molecule has 0 bridgehead atoms. The quantitative estimate of drug-likeness (QED) is 0.327. The van der Waals surface area contributed by atoms with Crippen LogP contribution in [0.15, 0.2) is 65.7 Å². The molecule has 0 aliphatic rings. The Labute approximate surface area is 123 Å². The van der Waals surface area contributed by atoms with Gasteiger partial charge in [0, 0.05) is 16.6 Å². The number of hydrogen-bond acceptors (Lipinski definition) is 3. The third-order valence-corrected chi connectivity index (χ3v) is 3.23. The van der Waals surface area contributed by atoms with E-state index in [-0.39, 0.29) is 0 Å². The van der Waals surface area contributed by atoms with Crippen molar-refractivity contribution >= 4 is 22.4 Å². The number of hydrogen-bond donors (Lipinski definition) is 2. The zero-order valence-corrected chi connectivity index (χ0v) is 11.7. The van der Waals surface area contributed by atoms with Crippen molar-refractivity contribution in [2.45, 2.75) is 6.92 Å². The van der Waals surface area contributed by atoms with Crippen LogP contribution in [0.3, 0.4) is 0 Å². The molecule has 0 amide bonds. The first-order valence-electron chi connectivity index (χ1n) is 6.75. The lowest BCUT2D eigenvalue weighted by atomic mass is 10.1. The van der Waals surface area contributed by atoms with Crippen molar-refractivity contribution in [2.24, 2.45) is 10.8 Å². The molecule has 0 aliphatic heterocycles. The fourth-order valence-corrected chi connectivity index (χ4v) is 2.31. The summed E-state index contributed by atoms with van der Waals surface area (Å²) in [5.74, 6) is 6.32. The molecule has 0 fully saturated rings. The van der Waals surface area contributed by atoms with Crippen molar-refractivity contribution in [3.63, 3.8) is 0 Å². The zero-order valence-electron chi connectivity index (χ0n) is 11.7. The maximum absolute atomic E-state index is 5.69. The van der Waals surface area contributed by atoms with Crippen LogP contribution in [-0.2, 0) is 0 Å². The van der Waals surface area contributed by atoms with Gasteiger partial charge in [-0.05, 0) is 31.2 Å². The van der Waals surface area contributed by atoms with Gasteiger partial charge >= 0.3 is 0 Å². The standard InChI is InChI=1S/C17H16N4/c1-12-11-15(14-9-5-6-10-16(14)19-12)17(21-18)20-13-7-3-2-4-8-13/h2-11H,18H2,1H3,(H,20,21). The Morgan fingerprint density at radius 3 is 2.52 bits per heavy atom. The number of amidine groups is 1. The van der Waals surface area contributed by atoms with E-state index in [0.29, 0.717) is 5.84 Å². The van der Waals surface area contributed by atoms with Crippen LogP contribution in [0, 0.1) is 6.92 Å². The van der Waals surface area contributed by atoms with Gasteiger partial charge in [-0.2, -0.15) is 0 Å². The van der Waals surface area contributed by atoms with Crippen molar-refractivity contribution in [2.75, 3.05) is 0 Å². The fourth-order valence-electron chi connectivity index (χ4n) is 2.31. The summed E-state index contributed by atoms with van der Waals surface area (Å²) in [7, 11) is 0. The first kappa shape index (κ1) is 13.3. The minimum atomic E-state index is 0.628. The summed E-state index contributed by atoms with van der Waals surface area (Å²) < 4.78 is 0. The molecule has 3 aromatic rings. The summed E-state index contributed by atoms with van der Waals surface area (Å²) in [4.78, 5) is 9.13. The number of aliphatic imine (C=N–C) groups is 1. The predicted octanol–water partition coefficient (Wildman–Crippen LogP) is 3.08. The summed E-state index contributed by atoms with van der Waals surface area (Å²) in [6.45, 7) is 1.96. The van der Waals surface area contributed by atoms with E-state index >= 15 is 0 Å². The van der Waals surface area contributed by atoms with Gasteiger partial charge in [-0.1, -0.05) is 36.4 Å². The summed E-state index contributed by atoms with van der Waals surface area (Å²) in [6, 6.07) is 19.7. The van der Waals surface area contributed by atoms with E-state index in [1.54, 1.807) is 0 Å². The van der Waals surface area contributed by atoms with Gasteiger partial charge in [0.2, 0.25) is 0 Å². The van der Waals surface area contributed by atoms with Gasteiger partial charge in [0.1, 0.15) is 5.84 Å². The van der Waals surface area contributed by atoms with E-state index in [1.165, 1.54) is 0 Å². The van der Waals surface area contributed by atoms with Crippen molar-refractivity contribution < 1.29 is 0 Å². The molecular weight excluding hydrogens is 260 g/mol. The summed E-state index contributed by atoms with van der Waals surface area (Å²) in [6.07, 6.45) is 0. The summed E-state index contributed by atoms with van der Waals surface area (Å²) >= 11 is 0. The molecule has 0 atom stereocenters. The van der Waals surface area contributed by atoms with Crippen LogP contribution >= 0.6 is 0 Å². The topological polar surface area (TPSA) is 63.3 Å². The summed E-state index contributed by atoms with van der Waals surface area (Å²) in [5, 5.41) is 1.02. The predicted molar refractivity (Wildman–Crippen MR) is 86.4 cm³/mol. The summed E-state index contributed by atoms with van der Waals surface area (Å²) in [5.41, 5.74) is 6.37. The number of aromatic nitrogens is 1. The Bertz CT molecular complexity index is 794. The van der Waals surface area contributed by atoms with E-state index in [9.17, 15) is 0 Å². The third kappa shape index (κ3) is 2.75. The van der Waals surface area contributed by atoms with Crippen LogP contribution in [-0.4, -0.2) is 10.8 Å². The van der Waals surface area contributed by atoms with Gasteiger partial charge in [-0.25, -0.2) is 10.8 Å². The largest absolute Gasteiger partial charge is 0.308 e. The average molecular weight is 276 g/mol. The number of fused-ring (bicyclic) bond motifs is 1. The van der Waals surface area contributed by atoms with Crippen LogP contribution in [0.2, 0.25) is 0 Å². The molecule has 3 rings (SSSR count). The highest BCUT2D eigenvalue weighted by Crippen LogP contribution is 2.20. The molecule has 0 saturated heterocycles. The molecule has 1 heterocycles.